The number of pyridine rings is 1. The molecule has 0 unspecified atom stereocenters. The number of carbonyl (C=O) groups excluding carboxylic acids is 2. The number of rotatable bonds is 3. The van der Waals surface area contributed by atoms with Gasteiger partial charge in [-0.3, -0.25) is 9.69 Å². The molecule has 6 nitrogen and oxygen atoms in total. The lowest BCUT2D eigenvalue weighted by Crippen LogP contribution is -2.39. The lowest BCUT2D eigenvalue weighted by atomic mass is 10.1. The average molecular weight is 437 g/mol. The van der Waals surface area contributed by atoms with Gasteiger partial charge in [-0.15, -0.1) is 11.8 Å². The molecule has 0 saturated heterocycles. The molecule has 2 aromatic carbocycles. The highest BCUT2D eigenvalue weighted by molar-refractivity contribution is 7.99. The molecule has 0 radical (unpaired) electrons. The predicted molar refractivity (Wildman–Crippen MR) is 122 cm³/mol. The second-order valence-corrected chi connectivity index (χ2v) is 8.26. The van der Waals surface area contributed by atoms with Crippen LogP contribution in [0.3, 0.4) is 0 Å². The first-order valence-electron chi connectivity index (χ1n) is 9.78. The number of hydrogen-bond donors (Lipinski definition) is 2. The molecule has 0 atom stereocenters. The van der Waals surface area contributed by atoms with Gasteiger partial charge in [0.1, 0.15) is 10.8 Å². The number of hydrogen-bond acceptors (Lipinski definition) is 4. The van der Waals surface area contributed by atoms with Gasteiger partial charge in [-0.25, -0.2) is 14.2 Å². The Morgan fingerprint density at radius 1 is 1.06 bits per heavy atom. The van der Waals surface area contributed by atoms with Gasteiger partial charge in [0.2, 0.25) is 0 Å². The van der Waals surface area contributed by atoms with Crippen molar-refractivity contribution >= 4 is 40.8 Å². The third kappa shape index (κ3) is 4.54. The minimum Gasteiger partial charge on any atom is -0.319 e. The van der Waals surface area contributed by atoms with E-state index < -0.39 is 11.7 Å². The van der Waals surface area contributed by atoms with Crippen molar-refractivity contribution in [2.24, 2.45) is 0 Å². The van der Waals surface area contributed by atoms with Gasteiger partial charge in [0.25, 0.3) is 5.91 Å². The van der Waals surface area contributed by atoms with Gasteiger partial charge in [0, 0.05) is 29.2 Å². The van der Waals surface area contributed by atoms with E-state index in [4.69, 9.17) is 0 Å². The maximum atomic E-state index is 13.8. The van der Waals surface area contributed by atoms with Gasteiger partial charge in [0.05, 0.1) is 11.4 Å². The van der Waals surface area contributed by atoms with Crippen molar-refractivity contribution in [2.75, 3.05) is 27.8 Å². The zero-order valence-corrected chi connectivity index (χ0v) is 17.9. The number of fused-ring (bicyclic) bond motifs is 1. The number of para-hydroxylation sites is 1. The number of nitrogens with one attached hydrogen (secondary N) is 2. The van der Waals surface area contributed by atoms with Gasteiger partial charge in [0.15, 0.2) is 0 Å². The smallest absolute Gasteiger partial charge is 0.319 e. The quantitative estimate of drug-likeness (QED) is 0.589. The van der Waals surface area contributed by atoms with Crippen molar-refractivity contribution in [3.8, 4) is 0 Å². The summed E-state index contributed by atoms with van der Waals surface area (Å²) in [5, 5.41) is 6.25. The summed E-state index contributed by atoms with van der Waals surface area (Å²) in [7, 11) is 0. The SMILES string of the molecule is Cc1cc(C)c2c(n1)SCCN2C(=O)Nc1cccc(C(=O)Nc2ccccc2F)c1. The van der Waals surface area contributed by atoms with E-state index in [9.17, 15) is 14.0 Å². The Labute approximate surface area is 183 Å². The Balaban J connectivity index is 1.52. The number of aromatic nitrogens is 1. The van der Waals surface area contributed by atoms with Crippen LogP contribution in [0.5, 0.6) is 0 Å². The average Bonchev–Trinajstić information content (AvgIpc) is 2.75. The summed E-state index contributed by atoms with van der Waals surface area (Å²) in [4.78, 5) is 31.8. The van der Waals surface area contributed by atoms with Crippen LogP contribution in [0.1, 0.15) is 21.6 Å². The minimum atomic E-state index is -0.513. The summed E-state index contributed by atoms with van der Waals surface area (Å²) >= 11 is 1.64. The molecule has 2 N–H and O–H groups in total. The Morgan fingerprint density at radius 2 is 1.87 bits per heavy atom. The highest BCUT2D eigenvalue weighted by atomic mass is 32.2. The maximum Gasteiger partial charge on any atom is 0.326 e. The molecular formula is C23H21FN4O2S. The fraction of sp³-hybridized carbons (Fsp3) is 0.174. The first-order chi connectivity index (χ1) is 14.9. The van der Waals surface area contributed by atoms with E-state index in [0.717, 1.165) is 27.7 Å². The molecule has 8 heteroatoms. The van der Waals surface area contributed by atoms with Gasteiger partial charge in [-0.1, -0.05) is 18.2 Å². The van der Waals surface area contributed by atoms with Crippen LogP contribution >= 0.6 is 11.8 Å². The summed E-state index contributed by atoms with van der Waals surface area (Å²) in [5.74, 6) is -0.223. The zero-order valence-electron chi connectivity index (χ0n) is 17.1. The van der Waals surface area contributed by atoms with Crippen LogP contribution < -0.4 is 15.5 Å². The third-order valence-electron chi connectivity index (χ3n) is 4.85. The molecular weight excluding hydrogens is 415 g/mol. The van der Waals surface area contributed by atoms with Crippen molar-refractivity contribution in [1.82, 2.24) is 4.98 Å². The standard InChI is InChI=1S/C23H21FN4O2S/c1-14-12-15(2)25-22-20(14)28(10-11-31-22)23(30)26-17-7-5-6-16(13-17)21(29)27-19-9-4-3-8-18(19)24/h3-9,12-13H,10-11H2,1-2H3,(H,26,30)(H,27,29). The molecule has 1 aliphatic rings. The Kier molecular flexibility index (Phi) is 5.90. The number of anilines is 3. The second-order valence-electron chi connectivity index (χ2n) is 7.18. The number of aryl methyl sites for hydroxylation is 2. The minimum absolute atomic E-state index is 0.0997. The van der Waals surface area contributed by atoms with Crippen molar-refractivity contribution in [3.63, 3.8) is 0 Å². The number of amides is 3. The Bertz CT molecular complexity index is 1170. The molecule has 1 aromatic heterocycles. The molecule has 0 fully saturated rings. The number of nitrogens with zero attached hydrogens (tertiary/aromatic N) is 2. The summed E-state index contributed by atoms with van der Waals surface area (Å²) in [6.07, 6.45) is 0. The lowest BCUT2D eigenvalue weighted by molar-refractivity contribution is 0.102. The summed E-state index contributed by atoms with van der Waals surface area (Å²) in [6.45, 7) is 4.46. The highest BCUT2D eigenvalue weighted by Crippen LogP contribution is 2.36. The monoisotopic (exact) mass is 436 g/mol. The largest absolute Gasteiger partial charge is 0.326 e. The molecule has 3 amide bonds. The molecule has 4 rings (SSSR count). The maximum absolute atomic E-state index is 13.8. The number of benzene rings is 2. The lowest BCUT2D eigenvalue weighted by Gasteiger charge is -2.30. The van der Waals surface area contributed by atoms with Gasteiger partial charge >= 0.3 is 6.03 Å². The highest BCUT2D eigenvalue weighted by Gasteiger charge is 2.26. The fourth-order valence-corrected chi connectivity index (χ4v) is 4.54. The zero-order chi connectivity index (χ0) is 22.0. The second kappa shape index (κ2) is 8.77. The molecule has 31 heavy (non-hydrogen) atoms. The fourth-order valence-electron chi connectivity index (χ4n) is 3.46. The van der Waals surface area contributed by atoms with E-state index in [0.29, 0.717) is 17.8 Å². The molecule has 0 bridgehead atoms. The van der Waals surface area contributed by atoms with Crippen LogP contribution in [0.2, 0.25) is 0 Å². The molecule has 0 spiro atoms. The topological polar surface area (TPSA) is 74.3 Å². The van der Waals surface area contributed by atoms with Crippen LogP contribution in [-0.4, -0.2) is 29.2 Å². The van der Waals surface area contributed by atoms with Crippen molar-refractivity contribution in [1.29, 1.82) is 0 Å². The van der Waals surface area contributed by atoms with Gasteiger partial charge in [-0.2, -0.15) is 0 Å². The number of halogens is 1. The normalized spacial score (nSPS) is 12.8. The Hall–Kier alpha value is -3.39. The van der Waals surface area contributed by atoms with E-state index >= 15 is 0 Å². The Morgan fingerprint density at radius 3 is 2.68 bits per heavy atom. The first-order valence-corrected chi connectivity index (χ1v) is 10.8. The third-order valence-corrected chi connectivity index (χ3v) is 5.79. The molecule has 3 aromatic rings. The molecule has 0 saturated carbocycles. The van der Waals surface area contributed by atoms with E-state index in [1.165, 1.54) is 12.1 Å². The first kappa shape index (κ1) is 20.9. The van der Waals surface area contributed by atoms with E-state index in [1.54, 1.807) is 53.1 Å². The number of carbonyl (C=O) groups is 2. The summed E-state index contributed by atoms with van der Waals surface area (Å²) < 4.78 is 13.8. The van der Waals surface area contributed by atoms with Crippen molar-refractivity contribution in [2.45, 2.75) is 18.9 Å². The predicted octanol–water partition coefficient (Wildman–Crippen LogP) is 5.23. The van der Waals surface area contributed by atoms with Crippen LogP contribution in [-0.2, 0) is 0 Å². The summed E-state index contributed by atoms with van der Waals surface area (Å²) in [6, 6.07) is 14.2. The van der Waals surface area contributed by atoms with Crippen LogP contribution in [0.25, 0.3) is 0 Å². The molecule has 158 valence electrons. The molecule has 0 aliphatic carbocycles. The van der Waals surface area contributed by atoms with Crippen LogP contribution in [0, 0.1) is 19.7 Å². The van der Waals surface area contributed by atoms with Crippen LogP contribution in [0.15, 0.2) is 59.6 Å². The van der Waals surface area contributed by atoms with Crippen molar-refractivity contribution < 1.29 is 14.0 Å². The van der Waals surface area contributed by atoms with E-state index in [1.807, 2.05) is 19.9 Å². The van der Waals surface area contributed by atoms with Crippen molar-refractivity contribution in [3.05, 3.63) is 77.2 Å². The molecule has 2 heterocycles. The summed E-state index contributed by atoms with van der Waals surface area (Å²) in [5.41, 5.74) is 3.60. The van der Waals surface area contributed by atoms with Gasteiger partial charge in [-0.05, 0) is 55.8 Å². The molecule has 1 aliphatic heterocycles. The van der Waals surface area contributed by atoms with Gasteiger partial charge < -0.3 is 10.6 Å². The number of thioether (sulfide) groups is 1. The number of urea groups is 1. The van der Waals surface area contributed by atoms with E-state index in [2.05, 4.69) is 15.6 Å². The van der Waals surface area contributed by atoms with Crippen LogP contribution in [0.4, 0.5) is 26.2 Å². The van der Waals surface area contributed by atoms with E-state index in [-0.39, 0.29) is 11.7 Å².